The van der Waals surface area contributed by atoms with Crippen molar-refractivity contribution in [2.24, 2.45) is 0 Å². The SMILES string of the molecule is CC1(C)c2[nH]nc(NC(=O)c3ccc(N4CCOCC4)cc3)c2CN1Cc1cccc(F)c1F. The van der Waals surface area contributed by atoms with Crippen LogP contribution >= 0.6 is 0 Å². The van der Waals surface area contributed by atoms with Gasteiger partial charge in [0.05, 0.1) is 24.4 Å². The molecule has 0 spiro atoms. The Balaban J connectivity index is 1.30. The number of hydrogen-bond donors (Lipinski definition) is 2. The van der Waals surface area contributed by atoms with Crippen molar-refractivity contribution in [1.82, 2.24) is 15.1 Å². The van der Waals surface area contributed by atoms with Gasteiger partial charge in [-0.2, -0.15) is 5.10 Å². The van der Waals surface area contributed by atoms with Crippen molar-refractivity contribution >= 4 is 17.4 Å². The van der Waals surface area contributed by atoms with E-state index in [-0.39, 0.29) is 18.0 Å². The number of anilines is 2. The number of rotatable bonds is 5. The number of carbonyl (C=O) groups excluding carboxylic acids is 1. The summed E-state index contributed by atoms with van der Waals surface area (Å²) >= 11 is 0. The summed E-state index contributed by atoms with van der Waals surface area (Å²) in [5, 5.41) is 10.3. The minimum atomic E-state index is -0.859. The van der Waals surface area contributed by atoms with E-state index in [0.29, 0.717) is 31.1 Å². The van der Waals surface area contributed by atoms with Gasteiger partial charge in [-0.3, -0.25) is 14.8 Å². The maximum Gasteiger partial charge on any atom is 0.256 e. The van der Waals surface area contributed by atoms with Gasteiger partial charge in [0.2, 0.25) is 0 Å². The van der Waals surface area contributed by atoms with Crippen LogP contribution in [0.2, 0.25) is 0 Å². The Morgan fingerprint density at radius 2 is 1.88 bits per heavy atom. The second-order valence-electron chi connectivity index (χ2n) is 9.15. The molecule has 3 heterocycles. The van der Waals surface area contributed by atoms with Crippen molar-refractivity contribution < 1.29 is 18.3 Å². The first-order chi connectivity index (χ1) is 16.3. The number of hydrogen-bond acceptors (Lipinski definition) is 5. The van der Waals surface area contributed by atoms with E-state index in [0.717, 1.165) is 36.1 Å². The zero-order chi connectivity index (χ0) is 23.9. The number of halogens is 2. The maximum atomic E-state index is 14.3. The fourth-order valence-electron chi connectivity index (χ4n) is 4.63. The van der Waals surface area contributed by atoms with Gasteiger partial charge in [-0.05, 0) is 44.2 Å². The van der Waals surface area contributed by atoms with Crippen LogP contribution < -0.4 is 10.2 Å². The molecule has 3 aromatic rings. The molecule has 1 saturated heterocycles. The molecule has 178 valence electrons. The predicted octanol–water partition coefficient (Wildman–Crippen LogP) is 4.03. The van der Waals surface area contributed by atoms with Crippen molar-refractivity contribution in [1.29, 1.82) is 0 Å². The van der Waals surface area contributed by atoms with E-state index in [9.17, 15) is 13.6 Å². The topological polar surface area (TPSA) is 73.5 Å². The van der Waals surface area contributed by atoms with E-state index in [1.165, 1.54) is 6.07 Å². The summed E-state index contributed by atoms with van der Waals surface area (Å²) in [4.78, 5) is 17.2. The number of nitrogens with one attached hydrogen (secondary N) is 2. The number of carbonyl (C=O) groups is 1. The number of morpholine rings is 1. The summed E-state index contributed by atoms with van der Waals surface area (Å²) in [6, 6.07) is 11.7. The summed E-state index contributed by atoms with van der Waals surface area (Å²) in [7, 11) is 0. The van der Waals surface area contributed by atoms with Crippen LogP contribution in [0.5, 0.6) is 0 Å². The van der Waals surface area contributed by atoms with Crippen molar-refractivity contribution in [2.75, 3.05) is 36.5 Å². The average molecular weight is 468 g/mol. The molecule has 9 heteroatoms. The molecule has 0 atom stereocenters. The number of aromatic nitrogens is 2. The highest BCUT2D eigenvalue weighted by Crippen LogP contribution is 2.41. The maximum absolute atomic E-state index is 14.3. The molecule has 0 bridgehead atoms. The van der Waals surface area contributed by atoms with E-state index in [1.54, 1.807) is 18.2 Å². The normalized spacial score (nSPS) is 17.6. The van der Waals surface area contributed by atoms with Crippen LogP contribution in [0, 0.1) is 11.6 Å². The molecule has 1 fully saturated rings. The van der Waals surface area contributed by atoms with Gasteiger partial charge in [-0.1, -0.05) is 12.1 Å². The third-order valence-corrected chi connectivity index (χ3v) is 6.75. The number of fused-ring (bicyclic) bond motifs is 1. The highest BCUT2D eigenvalue weighted by atomic mass is 19.2. The average Bonchev–Trinajstić information content (AvgIpc) is 3.35. The first-order valence-electron chi connectivity index (χ1n) is 11.3. The largest absolute Gasteiger partial charge is 0.378 e. The molecule has 0 saturated carbocycles. The third kappa shape index (κ3) is 4.05. The van der Waals surface area contributed by atoms with Crippen LogP contribution in [-0.4, -0.2) is 47.3 Å². The van der Waals surface area contributed by atoms with Gasteiger partial charge in [0, 0.05) is 48.6 Å². The summed E-state index contributed by atoms with van der Waals surface area (Å²) in [5.74, 6) is -1.49. The zero-order valence-electron chi connectivity index (χ0n) is 19.2. The van der Waals surface area contributed by atoms with Crippen molar-refractivity contribution in [3.05, 3.63) is 76.5 Å². The molecule has 2 aliphatic rings. The number of ether oxygens (including phenoxy) is 1. The summed E-state index contributed by atoms with van der Waals surface area (Å²) in [6.07, 6.45) is 0. The molecule has 2 N–H and O–H groups in total. The van der Waals surface area contributed by atoms with Gasteiger partial charge in [-0.25, -0.2) is 8.78 Å². The Bertz CT molecular complexity index is 1200. The first kappa shape index (κ1) is 22.5. The summed E-state index contributed by atoms with van der Waals surface area (Å²) < 4.78 is 33.3. The van der Waals surface area contributed by atoms with Crippen LogP contribution in [0.15, 0.2) is 42.5 Å². The molecular formula is C25H27F2N5O2. The van der Waals surface area contributed by atoms with E-state index < -0.39 is 17.2 Å². The molecule has 34 heavy (non-hydrogen) atoms. The number of H-pyrrole nitrogens is 1. The zero-order valence-corrected chi connectivity index (χ0v) is 19.2. The minimum absolute atomic E-state index is 0.232. The smallest absolute Gasteiger partial charge is 0.256 e. The summed E-state index contributed by atoms with van der Waals surface area (Å²) in [6.45, 7) is 7.72. The lowest BCUT2D eigenvalue weighted by Crippen LogP contribution is -2.36. The highest BCUT2D eigenvalue weighted by Gasteiger charge is 2.41. The Labute approximate surface area is 196 Å². The van der Waals surface area contributed by atoms with Crippen LogP contribution in [0.3, 0.4) is 0 Å². The van der Waals surface area contributed by atoms with Gasteiger partial charge in [0.1, 0.15) is 0 Å². The number of benzene rings is 2. The quantitative estimate of drug-likeness (QED) is 0.593. The molecule has 0 aliphatic carbocycles. The third-order valence-electron chi connectivity index (χ3n) is 6.75. The molecule has 5 rings (SSSR count). The van der Waals surface area contributed by atoms with Gasteiger partial charge in [0.15, 0.2) is 17.5 Å². The molecule has 2 aromatic carbocycles. The molecule has 0 radical (unpaired) electrons. The van der Waals surface area contributed by atoms with Crippen LogP contribution in [0.4, 0.5) is 20.3 Å². The monoisotopic (exact) mass is 467 g/mol. The van der Waals surface area contributed by atoms with E-state index in [1.807, 2.05) is 30.9 Å². The van der Waals surface area contributed by atoms with Gasteiger partial charge >= 0.3 is 0 Å². The fourth-order valence-corrected chi connectivity index (χ4v) is 4.63. The number of aromatic amines is 1. The molecule has 1 amide bonds. The summed E-state index contributed by atoms with van der Waals surface area (Å²) in [5.41, 5.74) is 3.08. The van der Waals surface area contributed by atoms with Gasteiger partial charge in [-0.15, -0.1) is 0 Å². The van der Waals surface area contributed by atoms with Crippen molar-refractivity contribution in [3.63, 3.8) is 0 Å². The Kier molecular flexibility index (Phi) is 5.83. The lowest BCUT2D eigenvalue weighted by molar-refractivity contribution is 0.102. The Morgan fingerprint density at radius 1 is 1.15 bits per heavy atom. The van der Waals surface area contributed by atoms with E-state index in [2.05, 4.69) is 20.4 Å². The molecule has 0 unspecified atom stereocenters. The van der Waals surface area contributed by atoms with Gasteiger partial charge in [0.25, 0.3) is 5.91 Å². The van der Waals surface area contributed by atoms with Crippen LogP contribution in [0.1, 0.15) is 41.0 Å². The van der Waals surface area contributed by atoms with Crippen LogP contribution in [-0.2, 0) is 23.4 Å². The lowest BCUT2D eigenvalue weighted by Gasteiger charge is -2.31. The number of amides is 1. The van der Waals surface area contributed by atoms with Crippen molar-refractivity contribution in [2.45, 2.75) is 32.5 Å². The number of nitrogens with zero attached hydrogens (tertiary/aromatic N) is 3. The second-order valence-corrected chi connectivity index (χ2v) is 9.15. The fraction of sp³-hybridized carbons (Fsp3) is 0.360. The first-order valence-corrected chi connectivity index (χ1v) is 11.3. The lowest BCUT2D eigenvalue weighted by atomic mass is 10.00. The minimum Gasteiger partial charge on any atom is -0.378 e. The van der Waals surface area contributed by atoms with Crippen LogP contribution in [0.25, 0.3) is 0 Å². The molecule has 2 aliphatic heterocycles. The van der Waals surface area contributed by atoms with E-state index >= 15 is 0 Å². The molecule has 1 aromatic heterocycles. The molecule has 7 nitrogen and oxygen atoms in total. The van der Waals surface area contributed by atoms with E-state index in [4.69, 9.17) is 4.74 Å². The Morgan fingerprint density at radius 3 is 2.62 bits per heavy atom. The standard InChI is InChI=1S/C25H27F2N5O2/c1-25(2)22-19(15-32(25)14-17-4-3-5-20(26)21(17)27)23(30-29-22)28-24(33)16-6-8-18(9-7-16)31-10-12-34-13-11-31/h3-9H,10-15H2,1-2H3,(H2,28,29,30,33). The van der Waals surface area contributed by atoms with Gasteiger partial charge < -0.3 is 15.0 Å². The Hall–Kier alpha value is -3.30. The second kappa shape index (κ2) is 8.81. The highest BCUT2D eigenvalue weighted by molar-refractivity contribution is 6.04. The predicted molar refractivity (Wildman–Crippen MR) is 125 cm³/mol. The molecular weight excluding hydrogens is 440 g/mol. The van der Waals surface area contributed by atoms with Crippen molar-refractivity contribution in [3.8, 4) is 0 Å².